The van der Waals surface area contributed by atoms with Crippen LogP contribution in [0.1, 0.15) is 13.3 Å². The average molecular weight is 225 g/mol. The fourth-order valence-corrected chi connectivity index (χ4v) is 1.26. The van der Waals surface area contributed by atoms with Crippen LogP contribution in [0, 0.1) is 5.92 Å². The Hall–Kier alpha value is -1.85. The summed E-state index contributed by atoms with van der Waals surface area (Å²) in [5.74, 6) is -1.09. The predicted molar refractivity (Wildman–Crippen MR) is 56.7 cm³/mol. The SMILES string of the molecule is CC(CNC(=O)Cn1cccn1)CC(=O)O. The van der Waals surface area contributed by atoms with Gasteiger partial charge in [0.05, 0.1) is 0 Å². The highest BCUT2D eigenvalue weighted by molar-refractivity contribution is 5.75. The highest BCUT2D eigenvalue weighted by atomic mass is 16.4. The summed E-state index contributed by atoms with van der Waals surface area (Å²) in [4.78, 5) is 21.8. The van der Waals surface area contributed by atoms with Crippen LogP contribution in [0.5, 0.6) is 0 Å². The molecule has 0 radical (unpaired) electrons. The summed E-state index contributed by atoms with van der Waals surface area (Å²) in [5.41, 5.74) is 0. The molecule has 16 heavy (non-hydrogen) atoms. The summed E-state index contributed by atoms with van der Waals surface area (Å²) in [6.45, 7) is 2.31. The van der Waals surface area contributed by atoms with Crippen LogP contribution in [-0.2, 0) is 16.1 Å². The lowest BCUT2D eigenvalue weighted by molar-refractivity contribution is -0.138. The molecule has 0 fully saturated rings. The molecule has 0 aliphatic heterocycles. The number of nitrogens with zero attached hydrogens (tertiary/aromatic N) is 2. The van der Waals surface area contributed by atoms with Crippen LogP contribution in [0.2, 0.25) is 0 Å². The third-order valence-corrected chi connectivity index (χ3v) is 2.04. The van der Waals surface area contributed by atoms with Gasteiger partial charge in [0.2, 0.25) is 5.91 Å². The number of carbonyl (C=O) groups excluding carboxylic acids is 1. The summed E-state index contributed by atoms with van der Waals surface area (Å²) < 4.78 is 1.51. The third kappa shape index (κ3) is 4.59. The Morgan fingerprint density at radius 3 is 2.88 bits per heavy atom. The first kappa shape index (κ1) is 12.2. The van der Waals surface area contributed by atoms with Gasteiger partial charge in [0, 0.05) is 25.4 Å². The second-order valence-corrected chi connectivity index (χ2v) is 3.71. The van der Waals surface area contributed by atoms with Crippen LogP contribution in [0.4, 0.5) is 0 Å². The zero-order valence-corrected chi connectivity index (χ0v) is 9.09. The van der Waals surface area contributed by atoms with E-state index in [1.54, 1.807) is 25.4 Å². The van der Waals surface area contributed by atoms with Crippen molar-refractivity contribution in [2.75, 3.05) is 6.54 Å². The Morgan fingerprint density at radius 2 is 2.31 bits per heavy atom. The van der Waals surface area contributed by atoms with E-state index in [-0.39, 0.29) is 24.8 Å². The molecule has 0 aliphatic rings. The number of carbonyl (C=O) groups is 2. The van der Waals surface area contributed by atoms with Crippen molar-refractivity contribution in [3.8, 4) is 0 Å². The van der Waals surface area contributed by atoms with Crippen LogP contribution in [0.25, 0.3) is 0 Å². The van der Waals surface area contributed by atoms with Gasteiger partial charge in [-0.15, -0.1) is 0 Å². The summed E-state index contributed by atoms with van der Waals surface area (Å²) in [7, 11) is 0. The largest absolute Gasteiger partial charge is 0.481 e. The molecule has 1 unspecified atom stereocenters. The second kappa shape index (κ2) is 5.89. The quantitative estimate of drug-likeness (QED) is 0.719. The van der Waals surface area contributed by atoms with E-state index in [1.807, 2.05) is 0 Å². The topological polar surface area (TPSA) is 84.2 Å². The fraction of sp³-hybridized carbons (Fsp3) is 0.500. The maximum Gasteiger partial charge on any atom is 0.303 e. The number of carboxylic acids is 1. The van der Waals surface area contributed by atoms with Crippen molar-refractivity contribution in [2.24, 2.45) is 5.92 Å². The molecule has 0 saturated carbocycles. The lowest BCUT2D eigenvalue weighted by atomic mass is 10.1. The monoisotopic (exact) mass is 225 g/mol. The molecule has 0 aliphatic carbocycles. The van der Waals surface area contributed by atoms with Crippen molar-refractivity contribution in [2.45, 2.75) is 19.9 Å². The summed E-state index contributed by atoms with van der Waals surface area (Å²) in [5, 5.41) is 15.1. The van der Waals surface area contributed by atoms with Crippen molar-refractivity contribution in [3.05, 3.63) is 18.5 Å². The number of carboxylic acid groups (broad SMARTS) is 1. The van der Waals surface area contributed by atoms with Crippen LogP contribution in [-0.4, -0.2) is 33.3 Å². The number of hydrogen-bond donors (Lipinski definition) is 2. The Bertz CT molecular complexity index is 348. The molecule has 1 rings (SSSR count). The minimum absolute atomic E-state index is 0.0576. The lowest BCUT2D eigenvalue weighted by Gasteiger charge is -2.10. The van der Waals surface area contributed by atoms with Gasteiger partial charge in [-0.3, -0.25) is 14.3 Å². The maximum atomic E-state index is 11.4. The molecule has 1 heterocycles. The third-order valence-electron chi connectivity index (χ3n) is 2.04. The molecule has 6 heteroatoms. The molecule has 1 atom stereocenters. The summed E-state index contributed by atoms with van der Waals surface area (Å²) in [6.07, 6.45) is 3.35. The molecule has 0 saturated heterocycles. The van der Waals surface area contributed by atoms with Crippen molar-refractivity contribution in [1.82, 2.24) is 15.1 Å². The van der Waals surface area contributed by atoms with Gasteiger partial charge in [0.25, 0.3) is 0 Å². The number of amides is 1. The van der Waals surface area contributed by atoms with Crippen LogP contribution < -0.4 is 5.32 Å². The standard InChI is InChI=1S/C10H15N3O3/c1-8(5-10(15)16)6-11-9(14)7-13-4-2-3-12-13/h2-4,8H,5-7H2,1H3,(H,11,14)(H,15,16). The number of hydrogen-bond acceptors (Lipinski definition) is 3. The van der Waals surface area contributed by atoms with E-state index in [4.69, 9.17) is 5.11 Å². The van der Waals surface area contributed by atoms with Gasteiger partial charge >= 0.3 is 5.97 Å². The molecule has 0 bridgehead atoms. The Kier molecular flexibility index (Phi) is 4.50. The Balaban J connectivity index is 2.22. The molecule has 88 valence electrons. The zero-order valence-electron chi connectivity index (χ0n) is 9.09. The van der Waals surface area contributed by atoms with Crippen molar-refractivity contribution in [3.63, 3.8) is 0 Å². The molecular formula is C10H15N3O3. The lowest BCUT2D eigenvalue weighted by Crippen LogP contribution is -2.32. The normalized spacial score (nSPS) is 12.1. The average Bonchev–Trinajstić information content (AvgIpc) is 2.66. The minimum atomic E-state index is -0.853. The first-order valence-electron chi connectivity index (χ1n) is 5.04. The smallest absolute Gasteiger partial charge is 0.303 e. The highest BCUT2D eigenvalue weighted by Gasteiger charge is 2.09. The summed E-state index contributed by atoms with van der Waals surface area (Å²) >= 11 is 0. The molecule has 0 spiro atoms. The number of rotatable bonds is 6. The van der Waals surface area contributed by atoms with E-state index in [2.05, 4.69) is 10.4 Å². The maximum absolute atomic E-state index is 11.4. The van der Waals surface area contributed by atoms with Gasteiger partial charge in [-0.2, -0.15) is 5.10 Å². The number of nitrogens with one attached hydrogen (secondary N) is 1. The predicted octanol–water partition coefficient (Wildman–Crippen LogP) is 0.110. The fourth-order valence-electron chi connectivity index (χ4n) is 1.26. The zero-order chi connectivity index (χ0) is 12.0. The van der Waals surface area contributed by atoms with Crippen LogP contribution in [0.3, 0.4) is 0 Å². The molecule has 1 aromatic rings. The Morgan fingerprint density at radius 1 is 1.56 bits per heavy atom. The van der Waals surface area contributed by atoms with Crippen molar-refractivity contribution >= 4 is 11.9 Å². The molecule has 1 amide bonds. The van der Waals surface area contributed by atoms with E-state index in [0.29, 0.717) is 6.54 Å². The highest BCUT2D eigenvalue weighted by Crippen LogP contribution is 1.99. The first-order chi connectivity index (χ1) is 7.58. The molecular weight excluding hydrogens is 210 g/mol. The van der Waals surface area contributed by atoms with Gasteiger partial charge in [-0.25, -0.2) is 0 Å². The van der Waals surface area contributed by atoms with Gasteiger partial charge in [0.15, 0.2) is 0 Å². The van der Waals surface area contributed by atoms with E-state index in [0.717, 1.165) is 0 Å². The number of aromatic nitrogens is 2. The van der Waals surface area contributed by atoms with E-state index >= 15 is 0 Å². The van der Waals surface area contributed by atoms with Crippen LogP contribution in [0.15, 0.2) is 18.5 Å². The molecule has 0 aromatic carbocycles. The van der Waals surface area contributed by atoms with E-state index in [9.17, 15) is 9.59 Å². The number of aliphatic carboxylic acids is 1. The molecule has 1 aromatic heterocycles. The van der Waals surface area contributed by atoms with Gasteiger partial charge in [0.1, 0.15) is 6.54 Å². The van der Waals surface area contributed by atoms with Crippen LogP contribution >= 0.6 is 0 Å². The van der Waals surface area contributed by atoms with E-state index < -0.39 is 5.97 Å². The van der Waals surface area contributed by atoms with Gasteiger partial charge in [-0.05, 0) is 12.0 Å². The van der Waals surface area contributed by atoms with Crippen molar-refractivity contribution in [1.29, 1.82) is 0 Å². The molecule has 6 nitrogen and oxygen atoms in total. The second-order valence-electron chi connectivity index (χ2n) is 3.71. The molecule has 2 N–H and O–H groups in total. The van der Waals surface area contributed by atoms with Gasteiger partial charge < -0.3 is 10.4 Å². The first-order valence-corrected chi connectivity index (χ1v) is 5.04. The summed E-state index contributed by atoms with van der Waals surface area (Å²) in [6, 6.07) is 1.74. The Labute approximate surface area is 93.3 Å². The van der Waals surface area contributed by atoms with Crippen molar-refractivity contribution < 1.29 is 14.7 Å². The van der Waals surface area contributed by atoms with Gasteiger partial charge in [-0.1, -0.05) is 6.92 Å². The van der Waals surface area contributed by atoms with E-state index in [1.165, 1.54) is 4.68 Å². The minimum Gasteiger partial charge on any atom is -0.481 e.